The Morgan fingerprint density at radius 2 is 1.93 bits per heavy atom. The third kappa shape index (κ3) is 4.02. The van der Waals surface area contributed by atoms with E-state index >= 15 is 0 Å². The van der Waals surface area contributed by atoms with E-state index in [-0.39, 0.29) is 24.3 Å². The summed E-state index contributed by atoms with van der Waals surface area (Å²) in [5, 5.41) is 32.6. The number of rotatable bonds is 6. The SMILES string of the molecule is CC[N+]1=C(C)C(C)(C)c2cc(CC(=O)NCC3OC(OC)C(O)C(O)C3O)ccc21. The Hall–Kier alpha value is -1.84. The summed E-state index contributed by atoms with van der Waals surface area (Å²) < 4.78 is 12.7. The topological polar surface area (TPSA) is 111 Å². The smallest absolute Gasteiger partial charge is 0.224 e. The number of amides is 1. The number of benzene rings is 1. The number of ether oxygens (including phenoxy) is 2. The van der Waals surface area contributed by atoms with Gasteiger partial charge in [-0.15, -0.1) is 0 Å². The molecule has 0 spiro atoms. The molecule has 1 aromatic rings. The van der Waals surface area contributed by atoms with Crippen LogP contribution in [0.2, 0.25) is 0 Å². The third-order valence-corrected chi connectivity index (χ3v) is 6.42. The zero-order chi connectivity index (χ0) is 22.2. The van der Waals surface area contributed by atoms with Gasteiger partial charge in [0, 0.05) is 32.2 Å². The first-order chi connectivity index (χ1) is 14.1. The van der Waals surface area contributed by atoms with Crippen molar-refractivity contribution in [2.24, 2.45) is 0 Å². The van der Waals surface area contributed by atoms with Gasteiger partial charge in [0.15, 0.2) is 12.0 Å². The first kappa shape index (κ1) is 22.8. The van der Waals surface area contributed by atoms with E-state index in [2.05, 4.69) is 49.7 Å². The van der Waals surface area contributed by atoms with Crippen LogP contribution in [0.3, 0.4) is 0 Å². The van der Waals surface area contributed by atoms with Gasteiger partial charge in [-0.2, -0.15) is 4.58 Å². The van der Waals surface area contributed by atoms with Gasteiger partial charge >= 0.3 is 0 Å². The number of methoxy groups -OCH3 is 1. The molecule has 8 heteroatoms. The summed E-state index contributed by atoms with van der Waals surface area (Å²) in [4.78, 5) is 12.5. The van der Waals surface area contributed by atoms with E-state index in [0.717, 1.165) is 12.1 Å². The van der Waals surface area contributed by atoms with Crippen LogP contribution in [0.15, 0.2) is 18.2 Å². The van der Waals surface area contributed by atoms with Crippen molar-refractivity contribution in [3.8, 4) is 0 Å². The lowest BCUT2D eigenvalue weighted by molar-refractivity contribution is -0.434. The molecule has 0 aliphatic carbocycles. The zero-order valence-corrected chi connectivity index (χ0v) is 18.3. The Balaban J connectivity index is 1.64. The minimum Gasteiger partial charge on any atom is -0.388 e. The van der Waals surface area contributed by atoms with Crippen LogP contribution in [-0.2, 0) is 26.1 Å². The summed E-state index contributed by atoms with van der Waals surface area (Å²) in [6.07, 6.45) is -5.85. The van der Waals surface area contributed by atoms with Gasteiger partial charge in [0.05, 0.1) is 11.8 Å². The molecule has 1 fully saturated rings. The van der Waals surface area contributed by atoms with Crippen LogP contribution in [0.5, 0.6) is 0 Å². The van der Waals surface area contributed by atoms with Crippen LogP contribution in [0.1, 0.15) is 38.8 Å². The van der Waals surface area contributed by atoms with Gasteiger partial charge in [0.2, 0.25) is 11.6 Å². The average Bonchev–Trinajstić information content (AvgIpc) is 2.91. The molecule has 0 radical (unpaired) electrons. The molecule has 0 aromatic heterocycles. The number of carbonyl (C=O) groups is 1. The fourth-order valence-electron chi connectivity index (χ4n) is 4.29. The Labute approximate surface area is 177 Å². The highest BCUT2D eigenvalue weighted by Gasteiger charge is 2.44. The summed E-state index contributed by atoms with van der Waals surface area (Å²) in [6, 6.07) is 6.11. The second-order valence-electron chi connectivity index (χ2n) is 8.54. The van der Waals surface area contributed by atoms with Gasteiger partial charge in [0.1, 0.15) is 31.0 Å². The van der Waals surface area contributed by atoms with E-state index in [4.69, 9.17) is 9.47 Å². The molecule has 4 N–H and O–H groups in total. The molecule has 5 atom stereocenters. The van der Waals surface area contributed by atoms with Gasteiger partial charge in [-0.1, -0.05) is 6.07 Å². The van der Waals surface area contributed by atoms with Gasteiger partial charge in [-0.25, -0.2) is 0 Å². The monoisotopic (exact) mass is 421 g/mol. The normalized spacial score (nSPS) is 30.3. The first-order valence-corrected chi connectivity index (χ1v) is 10.4. The van der Waals surface area contributed by atoms with Crippen LogP contribution in [-0.4, -0.2) is 82.4 Å². The van der Waals surface area contributed by atoms with Crippen LogP contribution in [0.25, 0.3) is 0 Å². The van der Waals surface area contributed by atoms with E-state index in [9.17, 15) is 20.1 Å². The zero-order valence-electron chi connectivity index (χ0n) is 18.3. The molecule has 2 aliphatic rings. The predicted octanol–water partition coefficient (Wildman–Crippen LogP) is 0.215. The van der Waals surface area contributed by atoms with Crippen molar-refractivity contribution >= 4 is 17.3 Å². The van der Waals surface area contributed by atoms with Crippen molar-refractivity contribution in [3.63, 3.8) is 0 Å². The van der Waals surface area contributed by atoms with Crippen molar-refractivity contribution in [1.29, 1.82) is 0 Å². The Morgan fingerprint density at radius 1 is 1.23 bits per heavy atom. The van der Waals surface area contributed by atoms with E-state index in [1.165, 1.54) is 24.1 Å². The van der Waals surface area contributed by atoms with E-state index < -0.39 is 30.7 Å². The molecule has 1 saturated heterocycles. The maximum atomic E-state index is 12.5. The van der Waals surface area contributed by atoms with Crippen molar-refractivity contribution < 1.29 is 34.2 Å². The van der Waals surface area contributed by atoms with Gasteiger partial charge in [0.25, 0.3) is 0 Å². The molecular formula is C22H33N2O6+. The molecule has 3 rings (SSSR count). The van der Waals surface area contributed by atoms with Gasteiger partial charge in [-0.3, -0.25) is 4.79 Å². The lowest BCUT2D eigenvalue weighted by Crippen LogP contribution is -2.60. The van der Waals surface area contributed by atoms with Gasteiger partial charge in [-0.05, 0) is 32.4 Å². The highest BCUT2D eigenvalue weighted by Crippen LogP contribution is 2.39. The summed E-state index contributed by atoms with van der Waals surface area (Å²) in [6.45, 7) is 9.54. The molecule has 2 heterocycles. The van der Waals surface area contributed by atoms with E-state index in [0.29, 0.717) is 0 Å². The van der Waals surface area contributed by atoms with Crippen LogP contribution < -0.4 is 5.32 Å². The number of hydrogen-bond acceptors (Lipinski definition) is 6. The molecule has 5 unspecified atom stereocenters. The number of aliphatic hydroxyl groups excluding tert-OH is 3. The molecule has 0 saturated carbocycles. The standard InChI is InChI=1S/C22H32N2O6/c1-6-24-12(2)22(3,4)14-9-13(7-8-15(14)24)10-17(25)23-11-16-18(26)19(27)20(28)21(29-5)30-16/h7-9,16,18-21,26-28H,6,10-11H2,1-5H3/p+1. The molecule has 0 bridgehead atoms. The fourth-order valence-corrected chi connectivity index (χ4v) is 4.29. The number of aliphatic hydroxyl groups is 3. The van der Waals surface area contributed by atoms with Crippen molar-refractivity contribution in [1.82, 2.24) is 5.32 Å². The predicted molar refractivity (Wildman–Crippen MR) is 111 cm³/mol. The molecule has 1 aromatic carbocycles. The fraction of sp³-hybridized carbons (Fsp3) is 0.636. The largest absolute Gasteiger partial charge is 0.388 e. The Bertz CT molecular complexity index is 835. The van der Waals surface area contributed by atoms with Crippen LogP contribution in [0, 0.1) is 0 Å². The lowest BCUT2D eigenvalue weighted by atomic mass is 9.81. The molecule has 2 aliphatic heterocycles. The number of hydrogen-bond donors (Lipinski definition) is 4. The number of carbonyl (C=O) groups excluding carboxylic acids is 1. The number of nitrogens with zero attached hydrogens (tertiary/aromatic N) is 1. The summed E-state index contributed by atoms with van der Waals surface area (Å²) in [7, 11) is 1.34. The van der Waals surface area contributed by atoms with Crippen molar-refractivity contribution in [2.45, 2.75) is 70.2 Å². The molecule has 1 amide bonds. The minimum absolute atomic E-state index is 0.00340. The van der Waals surface area contributed by atoms with E-state index in [1.54, 1.807) is 0 Å². The summed E-state index contributed by atoms with van der Waals surface area (Å²) in [5.41, 5.74) is 4.49. The van der Waals surface area contributed by atoms with Crippen LogP contribution in [0.4, 0.5) is 5.69 Å². The van der Waals surface area contributed by atoms with Gasteiger partial charge < -0.3 is 30.1 Å². The summed E-state index contributed by atoms with van der Waals surface area (Å²) in [5.74, 6) is -0.218. The maximum Gasteiger partial charge on any atom is 0.224 e. The van der Waals surface area contributed by atoms with E-state index in [1.807, 2.05) is 6.07 Å². The molecule has 30 heavy (non-hydrogen) atoms. The first-order valence-electron chi connectivity index (χ1n) is 10.4. The summed E-state index contributed by atoms with van der Waals surface area (Å²) >= 11 is 0. The highest BCUT2D eigenvalue weighted by atomic mass is 16.7. The third-order valence-electron chi connectivity index (χ3n) is 6.42. The maximum absolute atomic E-state index is 12.5. The van der Waals surface area contributed by atoms with Crippen molar-refractivity contribution in [2.75, 3.05) is 20.2 Å². The quantitative estimate of drug-likeness (QED) is 0.489. The number of nitrogens with one attached hydrogen (secondary N) is 1. The molecule has 166 valence electrons. The molecular weight excluding hydrogens is 388 g/mol. The second-order valence-corrected chi connectivity index (χ2v) is 8.54. The lowest BCUT2D eigenvalue weighted by Gasteiger charge is -2.39. The Morgan fingerprint density at radius 3 is 2.57 bits per heavy atom. The second kappa shape index (κ2) is 8.72. The molecule has 8 nitrogen and oxygen atoms in total. The van der Waals surface area contributed by atoms with Crippen molar-refractivity contribution in [3.05, 3.63) is 29.3 Å². The number of fused-ring (bicyclic) bond motifs is 1. The highest BCUT2D eigenvalue weighted by molar-refractivity contribution is 5.93. The Kier molecular flexibility index (Phi) is 6.64. The van der Waals surface area contributed by atoms with Crippen LogP contribution >= 0.6 is 0 Å². The average molecular weight is 422 g/mol. The minimum atomic E-state index is -1.41.